The summed E-state index contributed by atoms with van der Waals surface area (Å²) in [6, 6.07) is 6.63. The Morgan fingerprint density at radius 2 is 2.04 bits per heavy atom. The number of thiophene rings is 1. The molecule has 28 heavy (non-hydrogen) atoms. The minimum absolute atomic E-state index is 0.0816. The van der Waals surface area contributed by atoms with Crippen LogP contribution in [-0.2, 0) is 29.4 Å². The average Bonchev–Trinajstić information content (AvgIpc) is 3.22. The molecule has 2 N–H and O–H groups in total. The van der Waals surface area contributed by atoms with Crippen molar-refractivity contribution < 1.29 is 12.8 Å². The SMILES string of the molecule is CCc1nccn1Cc1ccc(-c2cc(CC(C)C)sc2S(N)(=O)=O)cc1F. The molecule has 0 aliphatic heterocycles. The summed E-state index contributed by atoms with van der Waals surface area (Å²) in [5.74, 6) is 0.878. The Morgan fingerprint density at radius 3 is 2.64 bits per heavy atom. The van der Waals surface area contributed by atoms with Gasteiger partial charge in [-0.15, -0.1) is 11.3 Å². The number of sulfonamides is 1. The van der Waals surface area contributed by atoms with Gasteiger partial charge in [-0.2, -0.15) is 0 Å². The van der Waals surface area contributed by atoms with Crippen molar-refractivity contribution in [1.82, 2.24) is 9.55 Å². The first kappa shape index (κ1) is 20.7. The predicted octanol–water partition coefficient (Wildman–Crippen LogP) is 4.21. The Balaban J connectivity index is 1.98. The van der Waals surface area contributed by atoms with Crippen molar-refractivity contribution in [1.29, 1.82) is 0 Å². The molecule has 0 bridgehead atoms. The molecule has 0 unspecified atom stereocenters. The third-order valence-corrected chi connectivity index (χ3v) is 7.08. The zero-order valence-electron chi connectivity index (χ0n) is 16.1. The van der Waals surface area contributed by atoms with Crippen LogP contribution in [0.1, 0.15) is 37.0 Å². The van der Waals surface area contributed by atoms with E-state index >= 15 is 0 Å². The van der Waals surface area contributed by atoms with E-state index in [9.17, 15) is 12.8 Å². The highest BCUT2D eigenvalue weighted by atomic mass is 32.2. The van der Waals surface area contributed by atoms with Crippen LogP contribution < -0.4 is 5.14 Å². The predicted molar refractivity (Wildman–Crippen MR) is 110 cm³/mol. The first-order chi connectivity index (χ1) is 13.2. The lowest BCUT2D eigenvalue weighted by molar-refractivity contribution is 0.594. The average molecular weight is 422 g/mol. The molecule has 5 nitrogen and oxygen atoms in total. The van der Waals surface area contributed by atoms with Gasteiger partial charge in [0.2, 0.25) is 10.0 Å². The van der Waals surface area contributed by atoms with E-state index < -0.39 is 10.0 Å². The van der Waals surface area contributed by atoms with Crippen LogP contribution in [-0.4, -0.2) is 18.0 Å². The summed E-state index contributed by atoms with van der Waals surface area (Å²) in [6.07, 6.45) is 5.03. The van der Waals surface area contributed by atoms with E-state index in [0.717, 1.165) is 34.9 Å². The molecule has 3 rings (SSSR count). The second-order valence-corrected chi connectivity index (χ2v) is 10.1. The molecule has 0 radical (unpaired) electrons. The monoisotopic (exact) mass is 421 g/mol. The number of nitrogens with zero attached hydrogens (tertiary/aromatic N) is 2. The third kappa shape index (κ3) is 4.51. The zero-order chi connectivity index (χ0) is 20.5. The molecule has 0 amide bonds. The van der Waals surface area contributed by atoms with Crippen molar-refractivity contribution in [3.63, 3.8) is 0 Å². The molecule has 3 aromatic rings. The lowest BCUT2D eigenvalue weighted by Crippen LogP contribution is -2.11. The van der Waals surface area contributed by atoms with Crippen molar-refractivity contribution in [3.05, 3.63) is 58.7 Å². The maximum Gasteiger partial charge on any atom is 0.248 e. The first-order valence-corrected chi connectivity index (χ1v) is 11.5. The van der Waals surface area contributed by atoms with Gasteiger partial charge in [0.15, 0.2) is 0 Å². The highest BCUT2D eigenvalue weighted by Gasteiger charge is 2.21. The quantitative estimate of drug-likeness (QED) is 0.621. The number of nitrogens with two attached hydrogens (primary N) is 1. The van der Waals surface area contributed by atoms with Crippen molar-refractivity contribution in [2.75, 3.05) is 0 Å². The van der Waals surface area contributed by atoms with E-state index in [1.165, 1.54) is 6.07 Å². The maximum absolute atomic E-state index is 14.8. The van der Waals surface area contributed by atoms with Gasteiger partial charge in [0.1, 0.15) is 15.9 Å². The number of aryl methyl sites for hydroxylation is 1. The van der Waals surface area contributed by atoms with Crippen molar-refractivity contribution in [3.8, 4) is 11.1 Å². The molecule has 0 aliphatic rings. The van der Waals surface area contributed by atoms with E-state index in [-0.39, 0.29) is 10.0 Å². The molecule has 8 heteroatoms. The minimum atomic E-state index is -3.89. The van der Waals surface area contributed by atoms with E-state index in [4.69, 9.17) is 5.14 Å². The zero-order valence-corrected chi connectivity index (χ0v) is 17.8. The van der Waals surface area contributed by atoms with Crippen LogP contribution in [0, 0.1) is 11.7 Å². The Labute approximate surface area is 169 Å². The minimum Gasteiger partial charge on any atom is -0.330 e. The maximum atomic E-state index is 14.8. The van der Waals surface area contributed by atoms with Crippen LogP contribution in [0.3, 0.4) is 0 Å². The third-order valence-electron chi connectivity index (χ3n) is 4.44. The van der Waals surface area contributed by atoms with E-state index in [1.807, 2.05) is 23.8 Å². The number of primary sulfonamides is 1. The number of halogens is 1. The number of hydrogen-bond acceptors (Lipinski definition) is 4. The van der Waals surface area contributed by atoms with Gasteiger partial charge in [-0.05, 0) is 30.0 Å². The lowest BCUT2D eigenvalue weighted by atomic mass is 10.0. The van der Waals surface area contributed by atoms with Crippen molar-refractivity contribution in [2.24, 2.45) is 11.1 Å². The van der Waals surface area contributed by atoms with Crippen LogP contribution in [0.5, 0.6) is 0 Å². The number of aromatic nitrogens is 2. The molecular formula is C20H24FN3O2S2. The van der Waals surface area contributed by atoms with Crippen LogP contribution in [0.15, 0.2) is 40.9 Å². The molecule has 0 saturated heterocycles. The van der Waals surface area contributed by atoms with Gasteiger partial charge >= 0.3 is 0 Å². The molecule has 0 fully saturated rings. The Morgan fingerprint density at radius 1 is 1.29 bits per heavy atom. The van der Waals surface area contributed by atoms with Gasteiger partial charge in [0.05, 0.1) is 6.54 Å². The summed E-state index contributed by atoms with van der Waals surface area (Å²) in [5.41, 5.74) is 1.49. The lowest BCUT2D eigenvalue weighted by Gasteiger charge is -2.09. The van der Waals surface area contributed by atoms with Gasteiger partial charge in [-0.25, -0.2) is 22.9 Å². The number of benzene rings is 1. The standard InChI is InChI=1S/C20H24FN3O2S2/c1-4-19-23-7-8-24(19)12-15-6-5-14(10-18(15)21)17-11-16(9-13(2)3)27-20(17)28(22,25)26/h5-8,10-11,13H,4,9,12H2,1-3H3,(H2,22,25,26). The second-order valence-electron chi connectivity index (χ2n) is 7.19. The number of imidazole rings is 1. The fourth-order valence-corrected chi connectivity index (χ4v) is 5.55. The van der Waals surface area contributed by atoms with Gasteiger partial charge in [0, 0.05) is 34.8 Å². The molecule has 0 saturated carbocycles. The van der Waals surface area contributed by atoms with Gasteiger partial charge < -0.3 is 4.57 Å². The molecular weight excluding hydrogens is 397 g/mol. The number of rotatable bonds is 7. The Hall–Kier alpha value is -2.03. The molecule has 1 aromatic carbocycles. The normalized spacial score (nSPS) is 12.1. The van der Waals surface area contributed by atoms with E-state index in [0.29, 0.717) is 29.2 Å². The highest BCUT2D eigenvalue weighted by molar-refractivity contribution is 7.91. The van der Waals surface area contributed by atoms with Crippen LogP contribution in [0.4, 0.5) is 4.39 Å². The van der Waals surface area contributed by atoms with E-state index in [2.05, 4.69) is 18.8 Å². The van der Waals surface area contributed by atoms with Crippen LogP contribution >= 0.6 is 11.3 Å². The summed E-state index contributed by atoms with van der Waals surface area (Å²) in [7, 11) is -3.89. The molecule has 0 atom stereocenters. The summed E-state index contributed by atoms with van der Waals surface area (Å²) in [4.78, 5) is 5.17. The Bertz CT molecular complexity index is 1080. The smallest absolute Gasteiger partial charge is 0.248 e. The summed E-state index contributed by atoms with van der Waals surface area (Å²) in [6.45, 7) is 6.49. The van der Waals surface area contributed by atoms with Gasteiger partial charge in [-0.1, -0.05) is 32.9 Å². The summed E-state index contributed by atoms with van der Waals surface area (Å²) in [5, 5.41) is 5.41. The molecule has 0 aliphatic carbocycles. The highest BCUT2D eigenvalue weighted by Crippen LogP contribution is 2.36. The number of hydrogen-bond donors (Lipinski definition) is 1. The largest absolute Gasteiger partial charge is 0.330 e. The fraction of sp³-hybridized carbons (Fsp3) is 0.350. The van der Waals surface area contributed by atoms with Crippen LogP contribution in [0.2, 0.25) is 0 Å². The molecule has 0 spiro atoms. The summed E-state index contributed by atoms with van der Waals surface area (Å²) < 4.78 is 40.9. The molecule has 2 heterocycles. The fourth-order valence-electron chi connectivity index (χ4n) is 3.16. The summed E-state index contributed by atoms with van der Waals surface area (Å²) >= 11 is 1.16. The topological polar surface area (TPSA) is 78.0 Å². The van der Waals surface area contributed by atoms with Gasteiger partial charge in [-0.3, -0.25) is 0 Å². The van der Waals surface area contributed by atoms with Gasteiger partial charge in [0.25, 0.3) is 0 Å². The van der Waals surface area contributed by atoms with Crippen molar-refractivity contribution >= 4 is 21.4 Å². The first-order valence-electron chi connectivity index (χ1n) is 9.13. The molecule has 2 aromatic heterocycles. The van der Waals surface area contributed by atoms with Crippen LogP contribution in [0.25, 0.3) is 11.1 Å². The Kier molecular flexibility index (Phi) is 6.02. The molecule has 150 valence electrons. The second kappa shape index (κ2) is 8.14. The van der Waals surface area contributed by atoms with E-state index in [1.54, 1.807) is 18.3 Å². The van der Waals surface area contributed by atoms with Crippen molar-refractivity contribution in [2.45, 2.75) is 44.4 Å².